The average molecular weight is 263 g/mol. The van der Waals surface area contributed by atoms with Crippen molar-refractivity contribution in [1.82, 2.24) is 5.32 Å². The molecule has 3 nitrogen and oxygen atoms in total. The normalized spacial score (nSPS) is 20.3. The molecule has 1 aromatic carbocycles. The fourth-order valence-electron chi connectivity index (χ4n) is 2.27. The molecule has 1 heterocycles. The molecule has 1 unspecified atom stereocenters. The van der Waals surface area contributed by atoms with Gasteiger partial charge in [0, 0.05) is 13.1 Å². The summed E-state index contributed by atoms with van der Waals surface area (Å²) in [6.07, 6.45) is 0.155. The quantitative estimate of drug-likeness (QED) is 0.909. The predicted molar refractivity (Wildman–Crippen MR) is 78.0 cm³/mol. The van der Waals surface area contributed by atoms with E-state index in [0.29, 0.717) is 6.61 Å². The van der Waals surface area contributed by atoms with Crippen LogP contribution >= 0.6 is 0 Å². The number of hydrogen-bond acceptors (Lipinski definition) is 3. The van der Waals surface area contributed by atoms with Crippen molar-refractivity contribution in [3.05, 3.63) is 29.3 Å². The molecule has 106 valence electrons. The predicted octanol–water partition coefficient (Wildman–Crippen LogP) is 2.66. The second-order valence-corrected chi connectivity index (χ2v) is 6.26. The van der Waals surface area contributed by atoms with Gasteiger partial charge in [-0.05, 0) is 24.0 Å². The first kappa shape index (κ1) is 14.4. The smallest absolute Gasteiger partial charge is 0.123 e. The highest BCUT2D eigenvalue weighted by Gasteiger charge is 2.20. The van der Waals surface area contributed by atoms with Gasteiger partial charge in [0.15, 0.2) is 0 Å². The Kier molecular flexibility index (Phi) is 4.48. The van der Waals surface area contributed by atoms with E-state index in [9.17, 15) is 0 Å². The zero-order valence-corrected chi connectivity index (χ0v) is 12.5. The topological polar surface area (TPSA) is 30.5 Å². The first-order valence-corrected chi connectivity index (χ1v) is 7.03. The summed E-state index contributed by atoms with van der Waals surface area (Å²) >= 11 is 0. The number of benzene rings is 1. The minimum Gasteiger partial charge on any atom is -0.491 e. The lowest BCUT2D eigenvalue weighted by atomic mass is 9.85. The number of hydrogen-bond donors (Lipinski definition) is 1. The van der Waals surface area contributed by atoms with Gasteiger partial charge in [0.25, 0.3) is 0 Å². The van der Waals surface area contributed by atoms with E-state index in [1.807, 2.05) is 0 Å². The van der Waals surface area contributed by atoms with E-state index in [0.717, 1.165) is 25.4 Å². The zero-order chi connectivity index (χ0) is 13.9. The fraction of sp³-hybridized carbons (Fsp3) is 0.625. The molecule has 0 aromatic heterocycles. The largest absolute Gasteiger partial charge is 0.491 e. The van der Waals surface area contributed by atoms with Gasteiger partial charge in [0.1, 0.15) is 18.5 Å². The maximum Gasteiger partial charge on any atom is 0.123 e. The van der Waals surface area contributed by atoms with Crippen LogP contribution in [0, 0.1) is 6.92 Å². The summed E-state index contributed by atoms with van der Waals surface area (Å²) in [5, 5.41) is 3.32. The Bertz CT molecular complexity index is 417. The number of rotatable bonds is 3. The van der Waals surface area contributed by atoms with Crippen molar-refractivity contribution in [2.24, 2.45) is 0 Å². The fourth-order valence-corrected chi connectivity index (χ4v) is 2.27. The Morgan fingerprint density at radius 2 is 2.16 bits per heavy atom. The Morgan fingerprint density at radius 1 is 1.37 bits per heavy atom. The molecule has 1 fully saturated rings. The van der Waals surface area contributed by atoms with Gasteiger partial charge < -0.3 is 14.8 Å². The summed E-state index contributed by atoms with van der Waals surface area (Å²) in [6, 6.07) is 6.39. The van der Waals surface area contributed by atoms with E-state index in [4.69, 9.17) is 9.47 Å². The van der Waals surface area contributed by atoms with Crippen LogP contribution in [0.4, 0.5) is 0 Å². The van der Waals surface area contributed by atoms with Crippen LogP contribution in [0.5, 0.6) is 5.75 Å². The molecule has 1 atom stereocenters. The van der Waals surface area contributed by atoms with E-state index in [1.165, 1.54) is 11.1 Å². The summed E-state index contributed by atoms with van der Waals surface area (Å²) in [6.45, 7) is 12.0. The maximum absolute atomic E-state index is 5.99. The summed E-state index contributed by atoms with van der Waals surface area (Å²) in [5.74, 6) is 0.979. The van der Waals surface area contributed by atoms with Crippen LogP contribution < -0.4 is 10.1 Å². The van der Waals surface area contributed by atoms with Crippen LogP contribution in [-0.2, 0) is 10.2 Å². The summed E-state index contributed by atoms with van der Waals surface area (Å²) in [5.41, 5.74) is 2.62. The average Bonchev–Trinajstić information content (AvgIpc) is 2.37. The number of aryl methyl sites for hydroxylation is 1. The third-order valence-corrected chi connectivity index (χ3v) is 3.37. The third-order valence-electron chi connectivity index (χ3n) is 3.37. The lowest BCUT2D eigenvalue weighted by molar-refractivity contribution is -0.000152. The molecule has 0 bridgehead atoms. The first-order valence-electron chi connectivity index (χ1n) is 7.03. The molecule has 1 aromatic rings. The number of morpholine rings is 1. The van der Waals surface area contributed by atoms with Crippen molar-refractivity contribution in [3.63, 3.8) is 0 Å². The van der Waals surface area contributed by atoms with Gasteiger partial charge in [-0.3, -0.25) is 0 Å². The number of ether oxygens (including phenoxy) is 2. The van der Waals surface area contributed by atoms with Gasteiger partial charge in [-0.1, -0.05) is 38.5 Å². The van der Waals surface area contributed by atoms with Gasteiger partial charge in [-0.15, -0.1) is 0 Å². The first-order chi connectivity index (χ1) is 8.97. The van der Waals surface area contributed by atoms with Crippen LogP contribution in [0.2, 0.25) is 0 Å². The molecule has 1 saturated heterocycles. The van der Waals surface area contributed by atoms with Crippen molar-refractivity contribution in [1.29, 1.82) is 0 Å². The highest BCUT2D eigenvalue weighted by molar-refractivity contribution is 5.41. The SMILES string of the molecule is Cc1ccc(OCC2CNCCO2)c(C(C)(C)C)c1. The molecule has 0 radical (unpaired) electrons. The van der Waals surface area contributed by atoms with Crippen molar-refractivity contribution >= 4 is 0 Å². The lowest BCUT2D eigenvalue weighted by Crippen LogP contribution is -2.41. The van der Waals surface area contributed by atoms with Gasteiger partial charge in [-0.2, -0.15) is 0 Å². The van der Waals surface area contributed by atoms with Gasteiger partial charge in [-0.25, -0.2) is 0 Å². The minimum atomic E-state index is 0.0903. The van der Waals surface area contributed by atoms with Crippen molar-refractivity contribution in [2.75, 3.05) is 26.3 Å². The summed E-state index contributed by atoms with van der Waals surface area (Å²) < 4.78 is 11.7. The van der Waals surface area contributed by atoms with E-state index >= 15 is 0 Å². The second-order valence-electron chi connectivity index (χ2n) is 6.26. The lowest BCUT2D eigenvalue weighted by Gasteiger charge is -2.27. The van der Waals surface area contributed by atoms with E-state index < -0.39 is 0 Å². The molecule has 1 aliphatic heterocycles. The highest BCUT2D eigenvalue weighted by atomic mass is 16.5. The summed E-state index contributed by atoms with van der Waals surface area (Å²) in [7, 11) is 0. The van der Waals surface area contributed by atoms with Gasteiger partial charge in [0.05, 0.1) is 6.61 Å². The zero-order valence-electron chi connectivity index (χ0n) is 12.5. The molecular weight excluding hydrogens is 238 g/mol. The van der Waals surface area contributed by atoms with E-state index in [1.54, 1.807) is 0 Å². The Hall–Kier alpha value is -1.06. The Morgan fingerprint density at radius 3 is 2.79 bits per heavy atom. The number of nitrogens with one attached hydrogen (secondary N) is 1. The van der Waals surface area contributed by atoms with Gasteiger partial charge in [0.2, 0.25) is 0 Å². The molecule has 2 rings (SSSR count). The third kappa shape index (κ3) is 3.95. The molecular formula is C16H25NO2. The summed E-state index contributed by atoms with van der Waals surface area (Å²) in [4.78, 5) is 0. The van der Waals surface area contributed by atoms with Crippen LogP contribution in [0.1, 0.15) is 31.9 Å². The standard InChI is InChI=1S/C16H25NO2/c1-12-5-6-15(14(9-12)16(2,3)4)19-11-13-10-17-7-8-18-13/h5-6,9,13,17H,7-8,10-11H2,1-4H3. The molecule has 0 amide bonds. The van der Waals surface area contributed by atoms with Crippen LogP contribution in [-0.4, -0.2) is 32.4 Å². The Labute approximate surface area is 116 Å². The molecule has 0 spiro atoms. The second kappa shape index (κ2) is 5.93. The molecule has 1 aliphatic rings. The molecule has 0 saturated carbocycles. The van der Waals surface area contributed by atoms with Crippen molar-refractivity contribution in [3.8, 4) is 5.75 Å². The van der Waals surface area contributed by atoms with Crippen LogP contribution in [0.25, 0.3) is 0 Å². The molecule has 19 heavy (non-hydrogen) atoms. The van der Waals surface area contributed by atoms with Gasteiger partial charge >= 0.3 is 0 Å². The monoisotopic (exact) mass is 263 g/mol. The van der Waals surface area contributed by atoms with Crippen LogP contribution in [0.15, 0.2) is 18.2 Å². The van der Waals surface area contributed by atoms with Crippen molar-refractivity contribution < 1.29 is 9.47 Å². The van der Waals surface area contributed by atoms with Crippen molar-refractivity contribution in [2.45, 2.75) is 39.2 Å². The highest BCUT2D eigenvalue weighted by Crippen LogP contribution is 2.32. The maximum atomic E-state index is 5.99. The van der Waals surface area contributed by atoms with E-state index in [2.05, 4.69) is 51.2 Å². The molecule has 0 aliphatic carbocycles. The Balaban J connectivity index is 2.06. The minimum absolute atomic E-state index is 0.0903. The van der Waals surface area contributed by atoms with E-state index in [-0.39, 0.29) is 11.5 Å². The van der Waals surface area contributed by atoms with Crippen LogP contribution in [0.3, 0.4) is 0 Å². The molecule has 1 N–H and O–H groups in total. The molecule has 3 heteroatoms.